The highest BCUT2D eigenvalue weighted by atomic mass is 35.5. The number of esters is 1. The lowest BCUT2D eigenvalue weighted by Crippen LogP contribution is -2.34. The number of hydrogen-bond acceptors (Lipinski definition) is 4. The standard InChI is InChI=1S/C21H26ClN3O3/c1-13(2)11-25-20(22)19(14(3)24-25)21(27)28-12-18(26)23-17-10-6-8-15-7-4-5-9-16(15)17/h4-5,7,9,13,17H,6,8,10-12H2,1-3H3,(H,23,26). The van der Waals surface area contributed by atoms with Crippen LogP contribution < -0.4 is 5.32 Å². The summed E-state index contributed by atoms with van der Waals surface area (Å²) in [4.78, 5) is 24.8. The minimum atomic E-state index is -0.628. The van der Waals surface area contributed by atoms with Crippen LogP contribution in [0.25, 0.3) is 0 Å². The maximum absolute atomic E-state index is 12.4. The van der Waals surface area contributed by atoms with Gasteiger partial charge in [-0.3, -0.25) is 9.48 Å². The van der Waals surface area contributed by atoms with Crippen molar-refractivity contribution in [1.82, 2.24) is 15.1 Å². The SMILES string of the molecule is Cc1nn(CC(C)C)c(Cl)c1C(=O)OCC(=O)NC1CCCc2ccccc21. The summed E-state index contributed by atoms with van der Waals surface area (Å²) in [5, 5.41) is 7.52. The molecule has 0 saturated heterocycles. The highest BCUT2D eigenvalue weighted by Crippen LogP contribution is 2.29. The van der Waals surface area contributed by atoms with Gasteiger partial charge in [0.25, 0.3) is 5.91 Å². The van der Waals surface area contributed by atoms with Gasteiger partial charge in [0.2, 0.25) is 0 Å². The van der Waals surface area contributed by atoms with Gasteiger partial charge < -0.3 is 10.1 Å². The van der Waals surface area contributed by atoms with E-state index < -0.39 is 5.97 Å². The van der Waals surface area contributed by atoms with Crippen molar-refractivity contribution in [3.05, 3.63) is 51.8 Å². The molecule has 0 aliphatic heterocycles. The van der Waals surface area contributed by atoms with E-state index in [4.69, 9.17) is 16.3 Å². The number of benzene rings is 1. The monoisotopic (exact) mass is 403 g/mol. The van der Waals surface area contributed by atoms with Crippen LogP contribution in [0, 0.1) is 12.8 Å². The summed E-state index contributed by atoms with van der Waals surface area (Å²) in [5.74, 6) is -0.611. The molecule has 7 heteroatoms. The van der Waals surface area contributed by atoms with E-state index in [1.807, 2.05) is 32.0 Å². The number of ether oxygens (including phenoxy) is 1. The van der Waals surface area contributed by atoms with E-state index in [9.17, 15) is 9.59 Å². The fourth-order valence-electron chi connectivity index (χ4n) is 3.60. The molecule has 1 aromatic heterocycles. The molecule has 6 nitrogen and oxygen atoms in total. The summed E-state index contributed by atoms with van der Waals surface area (Å²) in [6.07, 6.45) is 2.92. The third-order valence-corrected chi connectivity index (χ3v) is 5.23. The molecule has 1 unspecified atom stereocenters. The molecule has 1 atom stereocenters. The second kappa shape index (κ2) is 8.78. The molecule has 150 valence electrons. The molecule has 1 aliphatic carbocycles. The van der Waals surface area contributed by atoms with Crippen LogP contribution in [0.3, 0.4) is 0 Å². The fourth-order valence-corrected chi connectivity index (χ4v) is 3.92. The van der Waals surface area contributed by atoms with Crippen molar-refractivity contribution in [2.24, 2.45) is 5.92 Å². The number of nitrogens with one attached hydrogen (secondary N) is 1. The highest BCUT2D eigenvalue weighted by Gasteiger charge is 2.24. The number of amides is 1. The summed E-state index contributed by atoms with van der Waals surface area (Å²) in [5.41, 5.74) is 3.12. The minimum Gasteiger partial charge on any atom is -0.452 e. The Morgan fingerprint density at radius 1 is 1.36 bits per heavy atom. The molecule has 2 aromatic rings. The van der Waals surface area contributed by atoms with E-state index in [1.54, 1.807) is 11.6 Å². The van der Waals surface area contributed by atoms with Crippen LogP contribution in [-0.4, -0.2) is 28.3 Å². The molecule has 0 radical (unpaired) electrons. The quantitative estimate of drug-likeness (QED) is 0.743. The Kier molecular flexibility index (Phi) is 6.39. The van der Waals surface area contributed by atoms with E-state index in [2.05, 4.69) is 16.5 Å². The van der Waals surface area contributed by atoms with Gasteiger partial charge in [-0.05, 0) is 43.2 Å². The van der Waals surface area contributed by atoms with Crippen LogP contribution >= 0.6 is 11.6 Å². The maximum atomic E-state index is 12.4. The average molecular weight is 404 g/mol. The first-order valence-electron chi connectivity index (χ1n) is 9.64. The largest absolute Gasteiger partial charge is 0.452 e. The van der Waals surface area contributed by atoms with Gasteiger partial charge in [-0.15, -0.1) is 0 Å². The lowest BCUT2D eigenvalue weighted by molar-refractivity contribution is -0.125. The van der Waals surface area contributed by atoms with Crippen LogP contribution in [0.1, 0.15) is 59.9 Å². The molecule has 1 aliphatic rings. The zero-order valence-corrected chi connectivity index (χ0v) is 17.3. The molecule has 28 heavy (non-hydrogen) atoms. The summed E-state index contributed by atoms with van der Waals surface area (Å²) < 4.78 is 6.81. The molecule has 1 heterocycles. The van der Waals surface area contributed by atoms with Gasteiger partial charge in [0.15, 0.2) is 6.61 Å². The number of aryl methyl sites for hydroxylation is 2. The average Bonchev–Trinajstić information content (AvgIpc) is 2.93. The first-order valence-corrected chi connectivity index (χ1v) is 10.0. The Hall–Kier alpha value is -2.34. The van der Waals surface area contributed by atoms with Gasteiger partial charge in [0.1, 0.15) is 10.7 Å². The van der Waals surface area contributed by atoms with Gasteiger partial charge in [-0.25, -0.2) is 4.79 Å². The van der Waals surface area contributed by atoms with E-state index >= 15 is 0 Å². The van der Waals surface area contributed by atoms with Crippen LogP contribution in [-0.2, 0) is 22.5 Å². The zero-order valence-electron chi connectivity index (χ0n) is 16.5. The third kappa shape index (κ3) is 4.55. The van der Waals surface area contributed by atoms with Crippen molar-refractivity contribution in [3.8, 4) is 0 Å². The summed E-state index contributed by atoms with van der Waals surface area (Å²) in [7, 11) is 0. The number of carbonyl (C=O) groups is 2. The second-order valence-electron chi connectivity index (χ2n) is 7.61. The molecule has 0 saturated carbocycles. The molecular weight excluding hydrogens is 378 g/mol. The predicted molar refractivity (Wildman–Crippen MR) is 107 cm³/mol. The van der Waals surface area contributed by atoms with E-state index in [-0.39, 0.29) is 29.3 Å². The first-order chi connectivity index (χ1) is 13.4. The Labute approximate surface area is 170 Å². The molecule has 0 fully saturated rings. The van der Waals surface area contributed by atoms with Crippen molar-refractivity contribution >= 4 is 23.5 Å². The Balaban J connectivity index is 1.60. The minimum absolute atomic E-state index is 0.0460. The topological polar surface area (TPSA) is 73.2 Å². The summed E-state index contributed by atoms with van der Waals surface area (Å²) >= 11 is 6.29. The van der Waals surface area contributed by atoms with Gasteiger partial charge in [-0.1, -0.05) is 49.7 Å². The number of halogens is 1. The Morgan fingerprint density at radius 2 is 2.11 bits per heavy atom. The fraction of sp³-hybridized carbons (Fsp3) is 0.476. The molecule has 0 bridgehead atoms. The predicted octanol–water partition coefficient (Wildman–Crippen LogP) is 3.85. The van der Waals surface area contributed by atoms with Crippen LogP contribution in [0.4, 0.5) is 0 Å². The maximum Gasteiger partial charge on any atom is 0.343 e. The van der Waals surface area contributed by atoms with Crippen LogP contribution in [0.15, 0.2) is 24.3 Å². The first kappa shape index (κ1) is 20.4. The van der Waals surface area contributed by atoms with E-state index in [0.29, 0.717) is 18.2 Å². The normalized spacial score (nSPS) is 16.0. The molecular formula is C21H26ClN3O3. The number of carbonyl (C=O) groups excluding carboxylic acids is 2. The van der Waals surface area contributed by atoms with E-state index in [1.165, 1.54) is 5.56 Å². The number of hydrogen-bond donors (Lipinski definition) is 1. The van der Waals surface area contributed by atoms with Crippen molar-refractivity contribution in [1.29, 1.82) is 0 Å². The van der Waals surface area contributed by atoms with Crippen molar-refractivity contribution in [2.75, 3.05) is 6.61 Å². The molecule has 3 rings (SSSR count). The number of nitrogens with zero attached hydrogens (tertiary/aromatic N) is 2. The smallest absolute Gasteiger partial charge is 0.343 e. The van der Waals surface area contributed by atoms with Crippen LogP contribution in [0.5, 0.6) is 0 Å². The summed E-state index contributed by atoms with van der Waals surface area (Å²) in [6.45, 7) is 6.05. The van der Waals surface area contributed by atoms with Crippen LogP contribution in [0.2, 0.25) is 5.15 Å². The zero-order chi connectivity index (χ0) is 20.3. The van der Waals surface area contributed by atoms with Gasteiger partial charge in [0, 0.05) is 6.54 Å². The Morgan fingerprint density at radius 3 is 2.86 bits per heavy atom. The van der Waals surface area contributed by atoms with Gasteiger partial charge in [0.05, 0.1) is 11.7 Å². The lowest BCUT2D eigenvalue weighted by atomic mass is 9.88. The number of fused-ring (bicyclic) bond motifs is 1. The molecule has 1 N–H and O–H groups in total. The Bertz CT molecular complexity index is 876. The van der Waals surface area contributed by atoms with Crippen molar-refractivity contribution in [3.63, 3.8) is 0 Å². The van der Waals surface area contributed by atoms with Gasteiger partial charge >= 0.3 is 5.97 Å². The van der Waals surface area contributed by atoms with E-state index in [0.717, 1.165) is 24.8 Å². The number of aromatic nitrogens is 2. The second-order valence-corrected chi connectivity index (χ2v) is 7.97. The van der Waals surface area contributed by atoms with Crippen molar-refractivity contribution < 1.29 is 14.3 Å². The highest BCUT2D eigenvalue weighted by molar-refractivity contribution is 6.32. The summed E-state index contributed by atoms with van der Waals surface area (Å²) in [6, 6.07) is 8.07. The lowest BCUT2D eigenvalue weighted by Gasteiger charge is -2.26. The third-order valence-electron chi connectivity index (χ3n) is 4.85. The molecule has 1 aromatic carbocycles. The molecule has 1 amide bonds. The number of rotatable bonds is 6. The van der Waals surface area contributed by atoms with Crippen molar-refractivity contribution in [2.45, 2.75) is 52.6 Å². The molecule has 0 spiro atoms. The van der Waals surface area contributed by atoms with Gasteiger partial charge in [-0.2, -0.15) is 5.10 Å².